The summed E-state index contributed by atoms with van der Waals surface area (Å²) in [6.45, 7) is 0.362. The van der Waals surface area contributed by atoms with E-state index in [-0.39, 0.29) is 11.6 Å². The SMILES string of the molecule is COc1ccccc1C(CNC(=O)c1ccc[nH]c1=O)N(C)C. The second-order valence-corrected chi connectivity index (χ2v) is 5.34. The summed E-state index contributed by atoms with van der Waals surface area (Å²) in [5, 5.41) is 2.81. The van der Waals surface area contributed by atoms with Crippen LogP contribution in [0.1, 0.15) is 22.0 Å². The lowest BCUT2D eigenvalue weighted by molar-refractivity contribution is 0.0940. The van der Waals surface area contributed by atoms with Crippen LogP contribution in [0.15, 0.2) is 47.4 Å². The number of para-hydroxylation sites is 1. The Labute approximate surface area is 135 Å². The number of nitrogens with zero attached hydrogens (tertiary/aromatic N) is 1. The van der Waals surface area contributed by atoms with E-state index < -0.39 is 11.5 Å². The highest BCUT2D eigenvalue weighted by Gasteiger charge is 2.20. The average molecular weight is 315 g/mol. The highest BCUT2D eigenvalue weighted by Crippen LogP contribution is 2.27. The van der Waals surface area contributed by atoms with E-state index in [1.807, 2.05) is 43.3 Å². The molecule has 2 aromatic rings. The molecule has 0 saturated carbocycles. The first kappa shape index (κ1) is 16.8. The number of rotatable bonds is 6. The van der Waals surface area contributed by atoms with Crippen molar-refractivity contribution < 1.29 is 9.53 Å². The van der Waals surface area contributed by atoms with Gasteiger partial charge >= 0.3 is 0 Å². The predicted octanol–water partition coefficient (Wildman–Crippen LogP) is 1.42. The molecule has 2 rings (SSSR count). The maximum absolute atomic E-state index is 12.2. The lowest BCUT2D eigenvalue weighted by Crippen LogP contribution is -2.36. The van der Waals surface area contributed by atoms with Crippen molar-refractivity contribution in [2.24, 2.45) is 0 Å². The first-order chi connectivity index (χ1) is 11.0. The highest BCUT2D eigenvalue weighted by molar-refractivity contribution is 5.93. The van der Waals surface area contributed by atoms with Crippen LogP contribution in [0.4, 0.5) is 0 Å². The number of benzene rings is 1. The molecule has 0 radical (unpaired) electrons. The molecule has 1 amide bonds. The van der Waals surface area contributed by atoms with Gasteiger partial charge in [0.1, 0.15) is 11.3 Å². The zero-order valence-corrected chi connectivity index (χ0v) is 13.5. The molecular weight excluding hydrogens is 294 g/mol. The zero-order valence-electron chi connectivity index (χ0n) is 13.5. The maximum atomic E-state index is 12.2. The molecule has 0 aliphatic heterocycles. The van der Waals surface area contributed by atoms with Crippen molar-refractivity contribution in [1.29, 1.82) is 0 Å². The lowest BCUT2D eigenvalue weighted by Gasteiger charge is -2.26. The average Bonchev–Trinajstić information content (AvgIpc) is 2.55. The summed E-state index contributed by atoms with van der Waals surface area (Å²) in [4.78, 5) is 28.3. The van der Waals surface area contributed by atoms with Crippen molar-refractivity contribution in [3.63, 3.8) is 0 Å². The van der Waals surface area contributed by atoms with Crippen LogP contribution in [0, 0.1) is 0 Å². The van der Waals surface area contributed by atoms with E-state index in [0.29, 0.717) is 6.54 Å². The molecule has 0 aliphatic carbocycles. The van der Waals surface area contributed by atoms with E-state index in [9.17, 15) is 9.59 Å². The Bertz CT molecular complexity index is 725. The maximum Gasteiger partial charge on any atom is 0.260 e. The Morgan fingerprint density at radius 3 is 2.65 bits per heavy atom. The van der Waals surface area contributed by atoms with Crippen LogP contribution >= 0.6 is 0 Å². The van der Waals surface area contributed by atoms with E-state index in [0.717, 1.165) is 11.3 Å². The first-order valence-electron chi connectivity index (χ1n) is 7.30. The molecule has 6 nitrogen and oxygen atoms in total. The number of H-pyrrole nitrogens is 1. The summed E-state index contributed by atoms with van der Waals surface area (Å²) in [7, 11) is 5.48. The first-order valence-corrected chi connectivity index (χ1v) is 7.30. The van der Waals surface area contributed by atoms with Gasteiger partial charge in [0.05, 0.1) is 13.2 Å². The molecule has 0 bridgehead atoms. The summed E-state index contributed by atoms with van der Waals surface area (Å²) in [6.07, 6.45) is 1.50. The van der Waals surface area contributed by atoms with Gasteiger partial charge in [-0.2, -0.15) is 0 Å². The Kier molecular flexibility index (Phi) is 5.54. The summed E-state index contributed by atoms with van der Waals surface area (Å²) in [5.41, 5.74) is 0.677. The lowest BCUT2D eigenvalue weighted by atomic mass is 10.0. The smallest absolute Gasteiger partial charge is 0.260 e. The van der Waals surface area contributed by atoms with Crippen molar-refractivity contribution in [3.8, 4) is 5.75 Å². The monoisotopic (exact) mass is 315 g/mol. The summed E-state index contributed by atoms with van der Waals surface area (Å²) in [6, 6.07) is 10.7. The Hall–Kier alpha value is -2.60. The van der Waals surface area contributed by atoms with Crippen LogP contribution in [-0.2, 0) is 0 Å². The number of aromatic amines is 1. The molecule has 23 heavy (non-hydrogen) atoms. The van der Waals surface area contributed by atoms with Gasteiger partial charge in [-0.1, -0.05) is 18.2 Å². The fourth-order valence-corrected chi connectivity index (χ4v) is 2.40. The predicted molar refractivity (Wildman–Crippen MR) is 88.8 cm³/mol. The van der Waals surface area contributed by atoms with Crippen LogP contribution < -0.4 is 15.6 Å². The zero-order chi connectivity index (χ0) is 16.8. The van der Waals surface area contributed by atoms with E-state index >= 15 is 0 Å². The number of hydrogen-bond donors (Lipinski definition) is 2. The molecule has 0 saturated heterocycles. The highest BCUT2D eigenvalue weighted by atomic mass is 16.5. The molecule has 0 aliphatic rings. The largest absolute Gasteiger partial charge is 0.496 e. The minimum Gasteiger partial charge on any atom is -0.496 e. The van der Waals surface area contributed by atoms with E-state index in [1.54, 1.807) is 13.2 Å². The normalized spacial score (nSPS) is 12.0. The number of carbonyl (C=O) groups excluding carboxylic acids is 1. The number of carbonyl (C=O) groups is 1. The molecule has 122 valence electrons. The van der Waals surface area contributed by atoms with Crippen LogP contribution in [0.25, 0.3) is 0 Å². The van der Waals surface area contributed by atoms with Gasteiger partial charge in [0, 0.05) is 18.3 Å². The van der Waals surface area contributed by atoms with Gasteiger partial charge in [0.2, 0.25) is 0 Å². The Morgan fingerprint density at radius 2 is 2.00 bits per heavy atom. The van der Waals surface area contributed by atoms with Crippen molar-refractivity contribution in [1.82, 2.24) is 15.2 Å². The van der Waals surface area contributed by atoms with Crippen molar-refractivity contribution in [2.45, 2.75) is 6.04 Å². The second kappa shape index (κ2) is 7.60. The molecule has 6 heteroatoms. The molecule has 1 atom stereocenters. The third-order valence-corrected chi connectivity index (χ3v) is 3.64. The van der Waals surface area contributed by atoms with Gasteiger partial charge in [0.15, 0.2) is 0 Å². The van der Waals surface area contributed by atoms with Crippen molar-refractivity contribution in [2.75, 3.05) is 27.7 Å². The number of methoxy groups -OCH3 is 1. The quantitative estimate of drug-likeness (QED) is 0.845. The standard InChI is InChI=1S/C17H21N3O3/c1-20(2)14(12-7-4-5-9-15(12)23-3)11-19-17(22)13-8-6-10-18-16(13)21/h4-10,14H,11H2,1-3H3,(H,18,21)(H,19,22). The number of hydrogen-bond acceptors (Lipinski definition) is 4. The van der Waals surface area contributed by atoms with Gasteiger partial charge < -0.3 is 19.9 Å². The third-order valence-electron chi connectivity index (χ3n) is 3.64. The summed E-state index contributed by atoms with van der Waals surface area (Å²) >= 11 is 0. The number of amides is 1. The molecule has 1 heterocycles. The van der Waals surface area contributed by atoms with Gasteiger partial charge in [-0.25, -0.2) is 0 Å². The fourth-order valence-electron chi connectivity index (χ4n) is 2.40. The van der Waals surface area contributed by atoms with Gasteiger partial charge in [0.25, 0.3) is 11.5 Å². The second-order valence-electron chi connectivity index (χ2n) is 5.34. The molecule has 1 unspecified atom stereocenters. The van der Waals surface area contributed by atoms with Crippen molar-refractivity contribution >= 4 is 5.91 Å². The molecule has 2 N–H and O–H groups in total. The van der Waals surface area contributed by atoms with Crippen LogP contribution in [0.3, 0.4) is 0 Å². The molecule has 1 aromatic heterocycles. The number of ether oxygens (including phenoxy) is 1. The van der Waals surface area contributed by atoms with Crippen LogP contribution in [0.5, 0.6) is 5.75 Å². The summed E-state index contributed by atoms with van der Waals surface area (Å²) < 4.78 is 5.39. The molecular formula is C17H21N3O3. The summed E-state index contributed by atoms with van der Waals surface area (Å²) in [5.74, 6) is 0.367. The van der Waals surface area contributed by atoms with Gasteiger partial charge in [-0.3, -0.25) is 9.59 Å². The van der Waals surface area contributed by atoms with Gasteiger partial charge in [-0.05, 0) is 32.3 Å². The van der Waals surface area contributed by atoms with E-state index in [1.165, 1.54) is 12.3 Å². The third kappa shape index (κ3) is 3.98. The minimum absolute atomic E-state index is 0.0714. The topological polar surface area (TPSA) is 74.4 Å². The number of aromatic nitrogens is 1. The molecule has 0 spiro atoms. The van der Waals surface area contributed by atoms with E-state index in [2.05, 4.69) is 10.3 Å². The van der Waals surface area contributed by atoms with Crippen LogP contribution in [0.2, 0.25) is 0 Å². The minimum atomic E-state index is -0.399. The molecule has 1 aromatic carbocycles. The molecule has 0 fully saturated rings. The van der Waals surface area contributed by atoms with Crippen molar-refractivity contribution in [3.05, 3.63) is 64.1 Å². The fraction of sp³-hybridized carbons (Fsp3) is 0.294. The van der Waals surface area contributed by atoms with E-state index in [4.69, 9.17) is 4.74 Å². The number of likely N-dealkylation sites (N-methyl/N-ethyl adjacent to an activating group) is 1. The number of nitrogens with one attached hydrogen (secondary N) is 2. The van der Waals surface area contributed by atoms with Gasteiger partial charge in [-0.15, -0.1) is 0 Å². The van der Waals surface area contributed by atoms with Crippen LogP contribution in [-0.4, -0.2) is 43.5 Å². The Balaban J connectivity index is 2.16. The Morgan fingerprint density at radius 1 is 1.26 bits per heavy atom. The number of pyridine rings is 1.